The average molecular weight is 309 g/mol. The van der Waals surface area contributed by atoms with E-state index in [2.05, 4.69) is 5.32 Å². The van der Waals surface area contributed by atoms with Crippen molar-refractivity contribution in [1.82, 2.24) is 5.32 Å². The van der Waals surface area contributed by atoms with Crippen molar-refractivity contribution in [1.29, 1.82) is 0 Å². The minimum Gasteiger partial charge on any atom is -0.493 e. The third-order valence-corrected chi connectivity index (χ3v) is 3.08. The Morgan fingerprint density at radius 1 is 1.27 bits per heavy atom. The Hall–Kier alpha value is -2.08. The van der Waals surface area contributed by atoms with Crippen molar-refractivity contribution >= 4 is 11.9 Å². The minimum absolute atomic E-state index is 0.199. The van der Waals surface area contributed by atoms with E-state index in [4.69, 9.17) is 14.6 Å². The molecule has 1 aromatic carbocycles. The minimum atomic E-state index is -1.05. The standard InChI is InChI=1S/C16H23NO5/c1-11(2)14(16(19)20)17-15(18)12-6-4-7-13(10-12)22-9-5-8-21-3/h4,6-7,10-11,14H,5,8-9H2,1-3H3,(H,17,18)(H,19,20)/t14-/m0/s1. The molecule has 0 aliphatic rings. The van der Waals surface area contributed by atoms with E-state index in [1.165, 1.54) is 0 Å². The zero-order valence-corrected chi connectivity index (χ0v) is 13.2. The quantitative estimate of drug-likeness (QED) is 0.681. The van der Waals surface area contributed by atoms with Gasteiger partial charge in [-0.15, -0.1) is 0 Å². The van der Waals surface area contributed by atoms with Gasteiger partial charge in [0.25, 0.3) is 5.91 Å². The smallest absolute Gasteiger partial charge is 0.326 e. The predicted molar refractivity (Wildman–Crippen MR) is 82.2 cm³/mol. The first-order valence-corrected chi connectivity index (χ1v) is 7.21. The third-order valence-electron chi connectivity index (χ3n) is 3.08. The Bertz CT molecular complexity index is 501. The number of rotatable bonds is 9. The highest BCUT2D eigenvalue weighted by Crippen LogP contribution is 2.14. The molecule has 0 unspecified atom stereocenters. The second-order valence-electron chi connectivity index (χ2n) is 5.26. The maximum Gasteiger partial charge on any atom is 0.326 e. The molecule has 0 spiro atoms. The summed E-state index contributed by atoms with van der Waals surface area (Å²) in [6, 6.07) is 5.75. The first kappa shape index (κ1) is 18.0. The van der Waals surface area contributed by atoms with Crippen molar-refractivity contribution in [3.05, 3.63) is 29.8 Å². The zero-order valence-electron chi connectivity index (χ0n) is 13.2. The summed E-state index contributed by atoms with van der Waals surface area (Å²) in [5, 5.41) is 11.6. The number of carbonyl (C=O) groups is 2. The summed E-state index contributed by atoms with van der Waals surface area (Å²) in [6.45, 7) is 4.58. The van der Waals surface area contributed by atoms with Crippen molar-refractivity contribution in [2.75, 3.05) is 20.3 Å². The number of ether oxygens (including phenoxy) is 2. The van der Waals surface area contributed by atoms with Crippen LogP contribution in [0.15, 0.2) is 24.3 Å². The van der Waals surface area contributed by atoms with E-state index in [-0.39, 0.29) is 5.92 Å². The van der Waals surface area contributed by atoms with Crippen LogP contribution >= 0.6 is 0 Å². The van der Waals surface area contributed by atoms with Crippen molar-refractivity contribution in [3.8, 4) is 5.75 Å². The molecule has 6 heteroatoms. The van der Waals surface area contributed by atoms with Gasteiger partial charge in [0.05, 0.1) is 6.61 Å². The molecule has 0 fully saturated rings. The van der Waals surface area contributed by atoms with Gasteiger partial charge in [-0.2, -0.15) is 0 Å². The first-order chi connectivity index (χ1) is 10.5. The molecule has 0 bridgehead atoms. The molecule has 0 saturated carbocycles. The van der Waals surface area contributed by atoms with Gasteiger partial charge in [0, 0.05) is 25.7 Å². The van der Waals surface area contributed by atoms with Crippen molar-refractivity contribution in [3.63, 3.8) is 0 Å². The summed E-state index contributed by atoms with van der Waals surface area (Å²) in [5.74, 6) is -1.10. The highest BCUT2D eigenvalue weighted by Gasteiger charge is 2.23. The van der Waals surface area contributed by atoms with Crippen molar-refractivity contribution in [2.45, 2.75) is 26.3 Å². The fourth-order valence-corrected chi connectivity index (χ4v) is 1.86. The molecule has 1 rings (SSSR count). The lowest BCUT2D eigenvalue weighted by atomic mass is 10.0. The summed E-state index contributed by atoms with van der Waals surface area (Å²) in [7, 11) is 1.62. The van der Waals surface area contributed by atoms with E-state index in [9.17, 15) is 9.59 Å². The molecule has 122 valence electrons. The van der Waals surface area contributed by atoms with E-state index in [0.717, 1.165) is 6.42 Å². The Labute approximate surface area is 130 Å². The number of hydrogen-bond acceptors (Lipinski definition) is 4. The van der Waals surface area contributed by atoms with Gasteiger partial charge in [-0.25, -0.2) is 4.79 Å². The molecule has 6 nitrogen and oxygen atoms in total. The molecule has 0 saturated heterocycles. The summed E-state index contributed by atoms with van der Waals surface area (Å²) >= 11 is 0. The molecule has 0 aromatic heterocycles. The lowest BCUT2D eigenvalue weighted by molar-refractivity contribution is -0.140. The van der Waals surface area contributed by atoms with Gasteiger partial charge in [0.1, 0.15) is 11.8 Å². The number of carbonyl (C=O) groups excluding carboxylic acids is 1. The topological polar surface area (TPSA) is 84.9 Å². The van der Waals surface area contributed by atoms with Gasteiger partial charge >= 0.3 is 5.97 Å². The van der Waals surface area contributed by atoms with E-state index >= 15 is 0 Å². The van der Waals surface area contributed by atoms with Gasteiger partial charge in [0.2, 0.25) is 0 Å². The maximum atomic E-state index is 12.1. The van der Waals surface area contributed by atoms with Crippen LogP contribution in [0, 0.1) is 5.92 Å². The Morgan fingerprint density at radius 3 is 2.59 bits per heavy atom. The number of carboxylic acid groups (broad SMARTS) is 1. The van der Waals surface area contributed by atoms with Crippen LogP contribution in [-0.4, -0.2) is 43.3 Å². The molecule has 22 heavy (non-hydrogen) atoms. The second kappa shape index (κ2) is 9.04. The monoisotopic (exact) mass is 309 g/mol. The fraction of sp³-hybridized carbons (Fsp3) is 0.500. The molecule has 1 aromatic rings. The number of hydrogen-bond donors (Lipinski definition) is 2. The normalized spacial score (nSPS) is 12.0. The van der Waals surface area contributed by atoms with E-state index in [1.54, 1.807) is 45.2 Å². The molecule has 0 radical (unpaired) electrons. The van der Waals surface area contributed by atoms with Crippen molar-refractivity contribution in [2.24, 2.45) is 5.92 Å². The van der Waals surface area contributed by atoms with Crippen LogP contribution in [0.1, 0.15) is 30.6 Å². The first-order valence-electron chi connectivity index (χ1n) is 7.21. The number of carboxylic acids is 1. The number of aliphatic carboxylic acids is 1. The number of benzene rings is 1. The highest BCUT2D eigenvalue weighted by atomic mass is 16.5. The van der Waals surface area contributed by atoms with Crippen LogP contribution in [0.3, 0.4) is 0 Å². The van der Waals surface area contributed by atoms with Gasteiger partial charge in [-0.05, 0) is 24.1 Å². The van der Waals surface area contributed by atoms with E-state index in [0.29, 0.717) is 24.5 Å². The molecule has 0 aliphatic carbocycles. The van der Waals surface area contributed by atoms with Gasteiger partial charge in [-0.3, -0.25) is 4.79 Å². The summed E-state index contributed by atoms with van der Waals surface area (Å²) in [6.07, 6.45) is 0.751. The zero-order chi connectivity index (χ0) is 16.5. The van der Waals surface area contributed by atoms with Crippen LogP contribution in [0.25, 0.3) is 0 Å². The molecule has 1 amide bonds. The average Bonchev–Trinajstić information content (AvgIpc) is 2.48. The maximum absolute atomic E-state index is 12.1. The number of amides is 1. The SMILES string of the molecule is COCCCOc1cccc(C(=O)N[C@H](C(=O)O)C(C)C)c1. The summed E-state index contributed by atoms with van der Waals surface area (Å²) in [4.78, 5) is 23.3. The van der Waals surface area contributed by atoms with Gasteiger partial charge in [0.15, 0.2) is 0 Å². The number of nitrogens with one attached hydrogen (secondary N) is 1. The summed E-state index contributed by atoms with van der Waals surface area (Å²) < 4.78 is 10.5. The molecule has 1 atom stereocenters. The molecule has 0 heterocycles. The molecule has 2 N–H and O–H groups in total. The molecular formula is C16H23NO5. The molecule has 0 aliphatic heterocycles. The Kier molecular flexibility index (Phi) is 7.39. The van der Waals surface area contributed by atoms with Crippen LogP contribution in [0.4, 0.5) is 0 Å². The lowest BCUT2D eigenvalue weighted by Gasteiger charge is -2.18. The van der Waals surface area contributed by atoms with E-state index < -0.39 is 17.9 Å². The van der Waals surface area contributed by atoms with E-state index in [1.807, 2.05) is 0 Å². The fourth-order valence-electron chi connectivity index (χ4n) is 1.86. The lowest BCUT2D eigenvalue weighted by Crippen LogP contribution is -2.44. The van der Waals surface area contributed by atoms with Crippen LogP contribution < -0.4 is 10.1 Å². The largest absolute Gasteiger partial charge is 0.493 e. The number of methoxy groups -OCH3 is 1. The van der Waals surface area contributed by atoms with Gasteiger partial charge < -0.3 is 19.9 Å². The third kappa shape index (κ3) is 5.73. The Balaban J connectivity index is 2.67. The van der Waals surface area contributed by atoms with Gasteiger partial charge in [-0.1, -0.05) is 19.9 Å². The van der Waals surface area contributed by atoms with Crippen LogP contribution in [0.5, 0.6) is 5.75 Å². The summed E-state index contributed by atoms with van der Waals surface area (Å²) in [5.41, 5.74) is 0.371. The van der Waals surface area contributed by atoms with Crippen molar-refractivity contribution < 1.29 is 24.2 Å². The second-order valence-corrected chi connectivity index (χ2v) is 5.26. The van der Waals surface area contributed by atoms with Crippen LogP contribution in [-0.2, 0) is 9.53 Å². The Morgan fingerprint density at radius 2 is 2.00 bits per heavy atom. The molecular weight excluding hydrogens is 286 g/mol. The predicted octanol–water partition coefficient (Wildman–Crippen LogP) is 1.94. The highest BCUT2D eigenvalue weighted by molar-refractivity contribution is 5.96. The van der Waals surface area contributed by atoms with Crippen LogP contribution in [0.2, 0.25) is 0 Å².